The Morgan fingerprint density at radius 2 is 2.19 bits per heavy atom. The molecule has 5 heteroatoms. The smallest absolute Gasteiger partial charge is 0.407 e. The normalized spacial score (nSPS) is 21.9. The second-order valence-corrected chi connectivity index (χ2v) is 5.10. The molecular formula is C11H20N2O3. The predicted octanol–water partition coefficient (Wildman–Crippen LogP) is 1.18. The Morgan fingerprint density at radius 3 is 2.81 bits per heavy atom. The first-order valence-corrected chi connectivity index (χ1v) is 5.62. The number of amides is 2. The lowest BCUT2D eigenvalue weighted by Crippen LogP contribution is -2.43. The van der Waals surface area contributed by atoms with E-state index < -0.39 is 6.09 Å². The fraction of sp³-hybridized carbons (Fsp3) is 0.818. The van der Waals surface area contributed by atoms with E-state index in [1.165, 1.54) is 0 Å². The molecular weight excluding hydrogens is 208 g/mol. The zero-order valence-electron chi connectivity index (χ0n) is 10.1. The summed E-state index contributed by atoms with van der Waals surface area (Å²) in [6.45, 7) is 6.09. The average Bonchev–Trinajstić information content (AvgIpc) is 2.27. The maximum atomic E-state index is 11.5. The van der Waals surface area contributed by atoms with Gasteiger partial charge in [0.15, 0.2) is 0 Å². The molecule has 0 spiro atoms. The van der Waals surface area contributed by atoms with E-state index in [0.717, 1.165) is 12.8 Å². The molecule has 0 radical (unpaired) electrons. The van der Waals surface area contributed by atoms with E-state index in [4.69, 9.17) is 4.74 Å². The van der Waals surface area contributed by atoms with E-state index in [9.17, 15) is 9.59 Å². The van der Waals surface area contributed by atoms with Crippen molar-refractivity contribution in [3.8, 4) is 0 Å². The number of ether oxygens (including phenoxy) is 1. The van der Waals surface area contributed by atoms with Crippen molar-refractivity contribution in [2.45, 2.75) is 51.7 Å². The van der Waals surface area contributed by atoms with Gasteiger partial charge < -0.3 is 15.4 Å². The Kier molecular flexibility index (Phi) is 4.15. The summed E-state index contributed by atoms with van der Waals surface area (Å²) in [5.74, 6) is 0.0299. The van der Waals surface area contributed by atoms with Crippen LogP contribution in [0.1, 0.15) is 40.0 Å². The lowest BCUT2D eigenvalue weighted by molar-refractivity contribution is -0.120. The molecule has 2 N–H and O–H groups in total. The van der Waals surface area contributed by atoms with Gasteiger partial charge in [-0.1, -0.05) is 0 Å². The SMILES string of the molecule is CC(C)(C)NC(=O)O[C@@H]1CCCC(=O)NC1. The van der Waals surface area contributed by atoms with Gasteiger partial charge >= 0.3 is 6.09 Å². The van der Waals surface area contributed by atoms with Gasteiger partial charge in [-0.05, 0) is 33.6 Å². The zero-order chi connectivity index (χ0) is 12.2. The minimum atomic E-state index is -0.423. The molecule has 92 valence electrons. The number of alkyl carbamates (subject to hydrolysis) is 1. The molecule has 1 aliphatic rings. The summed E-state index contributed by atoms with van der Waals surface area (Å²) in [7, 11) is 0. The predicted molar refractivity (Wildman–Crippen MR) is 60.0 cm³/mol. The van der Waals surface area contributed by atoms with Gasteiger partial charge in [0, 0.05) is 12.0 Å². The number of nitrogens with one attached hydrogen (secondary N) is 2. The van der Waals surface area contributed by atoms with Gasteiger partial charge in [-0.15, -0.1) is 0 Å². The highest BCUT2D eigenvalue weighted by atomic mass is 16.6. The van der Waals surface area contributed by atoms with Crippen LogP contribution in [0.4, 0.5) is 4.79 Å². The van der Waals surface area contributed by atoms with Crippen molar-refractivity contribution in [1.82, 2.24) is 10.6 Å². The second-order valence-electron chi connectivity index (χ2n) is 5.10. The van der Waals surface area contributed by atoms with Crippen molar-refractivity contribution in [2.75, 3.05) is 6.54 Å². The van der Waals surface area contributed by atoms with Crippen LogP contribution in [-0.2, 0) is 9.53 Å². The molecule has 1 atom stereocenters. The molecule has 1 heterocycles. The van der Waals surface area contributed by atoms with E-state index in [0.29, 0.717) is 13.0 Å². The summed E-state index contributed by atoms with van der Waals surface area (Å²) in [4.78, 5) is 22.6. The first kappa shape index (κ1) is 12.8. The third-order valence-electron chi connectivity index (χ3n) is 2.21. The monoisotopic (exact) mass is 228 g/mol. The van der Waals surface area contributed by atoms with Crippen LogP contribution in [0.5, 0.6) is 0 Å². The summed E-state index contributed by atoms with van der Waals surface area (Å²) < 4.78 is 5.23. The van der Waals surface area contributed by atoms with Crippen LogP contribution < -0.4 is 10.6 Å². The summed E-state index contributed by atoms with van der Waals surface area (Å²) in [6, 6.07) is 0. The van der Waals surface area contributed by atoms with Crippen LogP contribution in [-0.4, -0.2) is 30.2 Å². The highest BCUT2D eigenvalue weighted by Gasteiger charge is 2.21. The number of hydrogen-bond donors (Lipinski definition) is 2. The molecule has 2 amide bonds. The van der Waals surface area contributed by atoms with Crippen LogP contribution in [0.15, 0.2) is 0 Å². The lowest BCUT2D eigenvalue weighted by atomic mass is 10.1. The quantitative estimate of drug-likeness (QED) is 0.708. The maximum Gasteiger partial charge on any atom is 0.407 e. The van der Waals surface area contributed by atoms with Crippen molar-refractivity contribution < 1.29 is 14.3 Å². The van der Waals surface area contributed by atoms with E-state index in [-0.39, 0.29) is 17.6 Å². The molecule has 0 unspecified atom stereocenters. The lowest BCUT2D eigenvalue weighted by Gasteiger charge is -2.22. The summed E-state index contributed by atoms with van der Waals surface area (Å²) >= 11 is 0. The first-order chi connectivity index (χ1) is 7.37. The minimum absolute atomic E-state index is 0.0299. The molecule has 0 aliphatic carbocycles. The van der Waals surface area contributed by atoms with E-state index in [1.807, 2.05) is 20.8 Å². The molecule has 1 saturated heterocycles. The Hall–Kier alpha value is -1.26. The summed E-state index contributed by atoms with van der Waals surface area (Å²) in [6.07, 6.45) is 1.37. The Bertz CT molecular complexity index is 271. The minimum Gasteiger partial charge on any atom is -0.444 e. The van der Waals surface area contributed by atoms with Crippen molar-refractivity contribution in [2.24, 2.45) is 0 Å². The van der Waals surface area contributed by atoms with Gasteiger partial charge in [-0.3, -0.25) is 4.79 Å². The Labute approximate surface area is 95.9 Å². The topological polar surface area (TPSA) is 67.4 Å². The van der Waals surface area contributed by atoms with Gasteiger partial charge in [0.1, 0.15) is 6.10 Å². The first-order valence-electron chi connectivity index (χ1n) is 5.62. The van der Waals surface area contributed by atoms with Gasteiger partial charge in [0.25, 0.3) is 0 Å². The standard InChI is InChI=1S/C11H20N2O3/c1-11(2,3)13-10(15)16-8-5-4-6-9(14)12-7-8/h8H,4-7H2,1-3H3,(H,12,14)(H,13,15)/t8-/m1/s1. The summed E-state index contributed by atoms with van der Waals surface area (Å²) in [5.41, 5.74) is -0.301. The molecule has 0 aromatic carbocycles. The highest BCUT2D eigenvalue weighted by molar-refractivity contribution is 5.76. The van der Waals surface area contributed by atoms with Crippen LogP contribution in [0.3, 0.4) is 0 Å². The second kappa shape index (κ2) is 5.18. The zero-order valence-corrected chi connectivity index (χ0v) is 10.1. The molecule has 0 saturated carbocycles. The van der Waals surface area contributed by atoms with Crippen LogP contribution in [0.2, 0.25) is 0 Å². The molecule has 0 aromatic rings. The third-order valence-corrected chi connectivity index (χ3v) is 2.21. The van der Waals surface area contributed by atoms with Crippen molar-refractivity contribution in [3.05, 3.63) is 0 Å². The van der Waals surface area contributed by atoms with E-state index in [1.54, 1.807) is 0 Å². The molecule has 0 bridgehead atoms. The van der Waals surface area contributed by atoms with E-state index >= 15 is 0 Å². The van der Waals surface area contributed by atoms with Crippen molar-refractivity contribution in [1.29, 1.82) is 0 Å². The Balaban J connectivity index is 2.36. The number of carbonyl (C=O) groups excluding carboxylic acids is 2. The number of carbonyl (C=O) groups is 2. The number of hydrogen-bond acceptors (Lipinski definition) is 3. The summed E-state index contributed by atoms with van der Waals surface area (Å²) in [5, 5.41) is 5.44. The molecule has 16 heavy (non-hydrogen) atoms. The van der Waals surface area contributed by atoms with Crippen LogP contribution in [0, 0.1) is 0 Å². The van der Waals surface area contributed by atoms with Crippen molar-refractivity contribution in [3.63, 3.8) is 0 Å². The van der Waals surface area contributed by atoms with Crippen LogP contribution >= 0.6 is 0 Å². The van der Waals surface area contributed by atoms with Gasteiger partial charge in [0.05, 0.1) is 6.54 Å². The van der Waals surface area contributed by atoms with Gasteiger partial charge in [0.2, 0.25) is 5.91 Å². The molecule has 0 aromatic heterocycles. The molecule has 1 fully saturated rings. The van der Waals surface area contributed by atoms with Crippen LogP contribution in [0.25, 0.3) is 0 Å². The van der Waals surface area contributed by atoms with Gasteiger partial charge in [-0.25, -0.2) is 4.79 Å². The van der Waals surface area contributed by atoms with E-state index in [2.05, 4.69) is 10.6 Å². The maximum absolute atomic E-state index is 11.5. The molecule has 5 nitrogen and oxygen atoms in total. The number of rotatable bonds is 1. The van der Waals surface area contributed by atoms with Gasteiger partial charge in [-0.2, -0.15) is 0 Å². The molecule has 1 aliphatic heterocycles. The fourth-order valence-corrected chi connectivity index (χ4v) is 1.50. The Morgan fingerprint density at radius 1 is 1.50 bits per heavy atom. The van der Waals surface area contributed by atoms with Crippen molar-refractivity contribution >= 4 is 12.0 Å². The highest BCUT2D eigenvalue weighted by Crippen LogP contribution is 2.09. The molecule has 1 rings (SSSR count). The fourth-order valence-electron chi connectivity index (χ4n) is 1.50. The third kappa shape index (κ3) is 5.00. The average molecular weight is 228 g/mol. The largest absolute Gasteiger partial charge is 0.444 e.